The molecule has 0 fully saturated rings. The SMILES string of the molecule is CCC(NC(=O)c1ccc(OC)c(F)c1)c1ccc(OC)cc1. The van der Waals surface area contributed by atoms with Crippen molar-refractivity contribution in [1.82, 2.24) is 5.32 Å². The highest BCUT2D eigenvalue weighted by Crippen LogP contribution is 2.22. The number of hydrogen-bond donors (Lipinski definition) is 1. The lowest BCUT2D eigenvalue weighted by atomic mass is 10.0. The normalized spacial score (nSPS) is 11.7. The summed E-state index contributed by atoms with van der Waals surface area (Å²) in [5.74, 6) is -0.0113. The third kappa shape index (κ3) is 4.00. The Morgan fingerprint density at radius 1 is 1.13 bits per heavy atom. The predicted molar refractivity (Wildman–Crippen MR) is 86.4 cm³/mol. The van der Waals surface area contributed by atoms with E-state index < -0.39 is 5.82 Å². The third-order valence-corrected chi connectivity index (χ3v) is 3.65. The van der Waals surface area contributed by atoms with Gasteiger partial charge >= 0.3 is 0 Å². The molecular formula is C18H20FNO3. The van der Waals surface area contributed by atoms with Crippen molar-refractivity contribution >= 4 is 5.91 Å². The lowest BCUT2D eigenvalue weighted by Crippen LogP contribution is -2.28. The quantitative estimate of drug-likeness (QED) is 0.883. The van der Waals surface area contributed by atoms with Crippen LogP contribution in [0.4, 0.5) is 4.39 Å². The van der Waals surface area contributed by atoms with Crippen molar-refractivity contribution in [2.24, 2.45) is 0 Å². The Balaban J connectivity index is 2.14. The molecule has 1 unspecified atom stereocenters. The van der Waals surface area contributed by atoms with E-state index >= 15 is 0 Å². The molecule has 0 aliphatic carbocycles. The van der Waals surface area contributed by atoms with E-state index in [4.69, 9.17) is 9.47 Å². The Bertz CT molecular complexity index is 670. The molecule has 1 amide bonds. The Morgan fingerprint density at radius 2 is 1.83 bits per heavy atom. The first-order chi connectivity index (χ1) is 11.1. The highest BCUT2D eigenvalue weighted by atomic mass is 19.1. The summed E-state index contributed by atoms with van der Waals surface area (Å²) in [5.41, 5.74) is 1.23. The van der Waals surface area contributed by atoms with Crippen molar-refractivity contribution in [3.05, 3.63) is 59.4 Å². The second-order valence-electron chi connectivity index (χ2n) is 5.06. The molecule has 0 radical (unpaired) electrons. The molecule has 4 nitrogen and oxygen atoms in total. The van der Waals surface area contributed by atoms with Gasteiger partial charge in [-0.3, -0.25) is 4.79 Å². The van der Waals surface area contributed by atoms with Gasteiger partial charge in [-0.1, -0.05) is 19.1 Å². The monoisotopic (exact) mass is 317 g/mol. The van der Waals surface area contributed by atoms with Crippen LogP contribution in [0.2, 0.25) is 0 Å². The van der Waals surface area contributed by atoms with E-state index in [9.17, 15) is 9.18 Å². The van der Waals surface area contributed by atoms with Crippen LogP contribution in [0.1, 0.15) is 35.3 Å². The van der Waals surface area contributed by atoms with Crippen LogP contribution in [0.25, 0.3) is 0 Å². The van der Waals surface area contributed by atoms with Gasteiger partial charge in [-0.05, 0) is 42.3 Å². The number of carbonyl (C=O) groups is 1. The highest BCUT2D eigenvalue weighted by molar-refractivity contribution is 5.94. The fraction of sp³-hybridized carbons (Fsp3) is 0.278. The van der Waals surface area contributed by atoms with Gasteiger partial charge in [-0.15, -0.1) is 0 Å². The Morgan fingerprint density at radius 3 is 2.35 bits per heavy atom. The Hall–Kier alpha value is -2.56. The molecule has 0 aliphatic heterocycles. The lowest BCUT2D eigenvalue weighted by Gasteiger charge is -2.18. The molecule has 0 aliphatic rings. The summed E-state index contributed by atoms with van der Waals surface area (Å²) in [5, 5.41) is 2.91. The summed E-state index contributed by atoms with van der Waals surface area (Å²) in [6.45, 7) is 1.98. The first kappa shape index (κ1) is 16.8. The van der Waals surface area contributed by atoms with Crippen LogP contribution in [0, 0.1) is 5.82 Å². The van der Waals surface area contributed by atoms with E-state index in [1.165, 1.54) is 25.3 Å². The van der Waals surface area contributed by atoms with E-state index in [2.05, 4.69) is 5.32 Å². The molecule has 122 valence electrons. The fourth-order valence-corrected chi connectivity index (χ4v) is 2.31. The number of carbonyl (C=O) groups excluding carboxylic acids is 1. The molecule has 0 aromatic heterocycles. The summed E-state index contributed by atoms with van der Waals surface area (Å²) in [6.07, 6.45) is 0.719. The first-order valence-corrected chi connectivity index (χ1v) is 7.37. The molecule has 1 N–H and O–H groups in total. The van der Waals surface area contributed by atoms with Crippen molar-refractivity contribution in [1.29, 1.82) is 0 Å². The van der Waals surface area contributed by atoms with Crippen LogP contribution < -0.4 is 14.8 Å². The third-order valence-electron chi connectivity index (χ3n) is 3.65. The van der Waals surface area contributed by atoms with Crippen molar-refractivity contribution in [3.8, 4) is 11.5 Å². The maximum absolute atomic E-state index is 13.7. The van der Waals surface area contributed by atoms with E-state index in [1.54, 1.807) is 7.11 Å². The standard InChI is InChI=1S/C18H20FNO3/c1-4-16(12-5-8-14(22-2)9-6-12)20-18(21)13-7-10-17(23-3)15(19)11-13/h5-11,16H,4H2,1-3H3,(H,20,21). The minimum absolute atomic E-state index is 0.115. The number of hydrogen-bond acceptors (Lipinski definition) is 3. The zero-order valence-corrected chi connectivity index (χ0v) is 13.4. The van der Waals surface area contributed by atoms with Crippen molar-refractivity contribution in [2.45, 2.75) is 19.4 Å². The summed E-state index contributed by atoms with van der Waals surface area (Å²) < 4.78 is 23.7. The Kier molecular flexibility index (Phi) is 5.57. The lowest BCUT2D eigenvalue weighted by molar-refractivity contribution is 0.0935. The van der Waals surface area contributed by atoms with Crippen LogP contribution >= 0.6 is 0 Å². The number of halogens is 1. The van der Waals surface area contributed by atoms with Gasteiger partial charge < -0.3 is 14.8 Å². The largest absolute Gasteiger partial charge is 0.497 e. The first-order valence-electron chi connectivity index (χ1n) is 7.37. The maximum Gasteiger partial charge on any atom is 0.251 e. The zero-order chi connectivity index (χ0) is 16.8. The molecule has 0 saturated heterocycles. The molecule has 0 spiro atoms. The van der Waals surface area contributed by atoms with Crippen LogP contribution in [-0.4, -0.2) is 20.1 Å². The smallest absolute Gasteiger partial charge is 0.251 e. The summed E-state index contributed by atoms with van der Waals surface area (Å²) in [6, 6.07) is 11.5. The van der Waals surface area contributed by atoms with Crippen molar-refractivity contribution in [2.75, 3.05) is 14.2 Å². The molecule has 2 rings (SSSR count). The highest BCUT2D eigenvalue weighted by Gasteiger charge is 2.15. The zero-order valence-electron chi connectivity index (χ0n) is 13.4. The van der Waals surface area contributed by atoms with Gasteiger partial charge in [-0.25, -0.2) is 4.39 Å². The molecule has 23 heavy (non-hydrogen) atoms. The average Bonchev–Trinajstić information content (AvgIpc) is 2.59. The number of ether oxygens (including phenoxy) is 2. The molecule has 2 aromatic rings. The molecule has 5 heteroatoms. The number of amides is 1. The van der Waals surface area contributed by atoms with Gasteiger partial charge in [0.2, 0.25) is 0 Å². The fourth-order valence-electron chi connectivity index (χ4n) is 2.31. The summed E-state index contributed by atoms with van der Waals surface area (Å²) in [7, 11) is 2.99. The van der Waals surface area contributed by atoms with E-state index in [0.29, 0.717) is 0 Å². The second-order valence-corrected chi connectivity index (χ2v) is 5.06. The van der Waals surface area contributed by atoms with Gasteiger partial charge in [-0.2, -0.15) is 0 Å². The van der Waals surface area contributed by atoms with E-state index in [0.717, 1.165) is 17.7 Å². The van der Waals surface area contributed by atoms with E-state index in [1.807, 2.05) is 31.2 Å². The molecular weight excluding hydrogens is 297 g/mol. The minimum atomic E-state index is -0.558. The predicted octanol–water partition coefficient (Wildman–Crippen LogP) is 3.72. The van der Waals surface area contributed by atoms with E-state index in [-0.39, 0.29) is 23.3 Å². The van der Waals surface area contributed by atoms with Gasteiger partial charge in [0.15, 0.2) is 11.6 Å². The number of benzene rings is 2. The Labute approximate surface area is 135 Å². The number of methoxy groups -OCH3 is 2. The number of nitrogens with one attached hydrogen (secondary N) is 1. The van der Waals surface area contributed by atoms with Crippen LogP contribution in [-0.2, 0) is 0 Å². The second kappa shape index (κ2) is 7.63. The van der Waals surface area contributed by atoms with Gasteiger partial charge in [0, 0.05) is 5.56 Å². The van der Waals surface area contributed by atoms with Gasteiger partial charge in [0.05, 0.1) is 20.3 Å². The minimum Gasteiger partial charge on any atom is -0.497 e. The maximum atomic E-state index is 13.7. The van der Waals surface area contributed by atoms with Gasteiger partial charge in [0.1, 0.15) is 5.75 Å². The molecule has 0 heterocycles. The van der Waals surface area contributed by atoms with Crippen molar-refractivity contribution < 1.29 is 18.7 Å². The van der Waals surface area contributed by atoms with Crippen molar-refractivity contribution in [3.63, 3.8) is 0 Å². The van der Waals surface area contributed by atoms with Crippen LogP contribution in [0.3, 0.4) is 0 Å². The number of rotatable bonds is 6. The van der Waals surface area contributed by atoms with Crippen LogP contribution in [0.5, 0.6) is 11.5 Å². The molecule has 1 atom stereocenters. The topological polar surface area (TPSA) is 47.6 Å². The summed E-state index contributed by atoms with van der Waals surface area (Å²) >= 11 is 0. The van der Waals surface area contributed by atoms with Gasteiger partial charge in [0.25, 0.3) is 5.91 Å². The van der Waals surface area contributed by atoms with Crippen LogP contribution in [0.15, 0.2) is 42.5 Å². The average molecular weight is 317 g/mol. The molecule has 0 saturated carbocycles. The molecule has 2 aromatic carbocycles. The summed E-state index contributed by atoms with van der Waals surface area (Å²) in [4.78, 5) is 12.3. The molecule has 0 bridgehead atoms.